The first-order valence-corrected chi connectivity index (χ1v) is 7.09. The van der Waals surface area contributed by atoms with Gasteiger partial charge in [-0.15, -0.1) is 0 Å². The van der Waals surface area contributed by atoms with Crippen LogP contribution in [0.1, 0.15) is 19.5 Å². The average molecular weight is 292 g/mol. The average Bonchev–Trinajstić information content (AvgIpc) is 2.49. The lowest BCUT2D eigenvalue weighted by molar-refractivity contribution is -0.133. The Bertz CT molecular complexity index is 462. The van der Waals surface area contributed by atoms with E-state index in [2.05, 4.69) is 10.3 Å². The minimum atomic E-state index is -0.309. The van der Waals surface area contributed by atoms with Crippen molar-refractivity contribution in [1.82, 2.24) is 15.2 Å². The number of rotatable bonds is 7. The Morgan fingerprint density at radius 3 is 2.67 bits per heavy atom. The fourth-order valence-corrected chi connectivity index (χ4v) is 1.65. The predicted molar refractivity (Wildman–Crippen MR) is 81.4 cm³/mol. The van der Waals surface area contributed by atoms with Crippen LogP contribution in [0, 0.1) is 5.92 Å². The molecule has 0 fully saturated rings. The molecule has 0 saturated carbocycles. The van der Waals surface area contributed by atoms with E-state index in [1.54, 1.807) is 32.0 Å². The minimum Gasteiger partial charge on any atom is -0.347 e. The van der Waals surface area contributed by atoms with Gasteiger partial charge in [0.1, 0.15) is 0 Å². The van der Waals surface area contributed by atoms with Crippen molar-refractivity contribution in [3.63, 3.8) is 0 Å². The summed E-state index contributed by atoms with van der Waals surface area (Å²) in [5.41, 5.74) is 6.59. The van der Waals surface area contributed by atoms with Gasteiger partial charge in [-0.3, -0.25) is 14.6 Å². The fraction of sp³-hybridized carbons (Fsp3) is 0.533. The third-order valence-electron chi connectivity index (χ3n) is 3.47. The molecule has 2 amide bonds. The Kier molecular flexibility index (Phi) is 6.81. The fourth-order valence-electron chi connectivity index (χ4n) is 1.65. The lowest BCUT2D eigenvalue weighted by atomic mass is 10.0. The number of nitrogens with two attached hydrogens (primary N) is 1. The van der Waals surface area contributed by atoms with Crippen LogP contribution in [-0.2, 0) is 16.0 Å². The largest absolute Gasteiger partial charge is 0.347 e. The van der Waals surface area contributed by atoms with Gasteiger partial charge in [-0.1, -0.05) is 13.0 Å². The van der Waals surface area contributed by atoms with Crippen molar-refractivity contribution < 1.29 is 9.59 Å². The molecular weight excluding hydrogens is 268 g/mol. The van der Waals surface area contributed by atoms with E-state index in [0.29, 0.717) is 13.0 Å². The monoisotopic (exact) mass is 292 g/mol. The topological polar surface area (TPSA) is 88.3 Å². The molecule has 2 atom stereocenters. The Morgan fingerprint density at radius 2 is 2.10 bits per heavy atom. The van der Waals surface area contributed by atoms with Crippen LogP contribution >= 0.6 is 0 Å². The van der Waals surface area contributed by atoms with Crippen molar-refractivity contribution in [3.8, 4) is 0 Å². The Morgan fingerprint density at radius 1 is 1.38 bits per heavy atom. The highest BCUT2D eigenvalue weighted by molar-refractivity contribution is 5.85. The molecule has 0 aliphatic heterocycles. The van der Waals surface area contributed by atoms with Gasteiger partial charge in [-0.05, 0) is 19.1 Å². The Hall–Kier alpha value is -1.95. The summed E-state index contributed by atoms with van der Waals surface area (Å²) in [5, 5.41) is 2.62. The van der Waals surface area contributed by atoms with Gasteiger partial charge < -0.3 is 16.0 Å². The van der Waals surface area contributed by atoms with Crippen molar-refractivity contribution in [2.75, 3.05) is 20.1 Å². The molecule has 3 N–H and O–H groups in total. The highest BCUT2D eigenvalue weighted by atomic mass is 16.2. The molecule has 1 aromatic heterocycles. The van der Waals surface area contributed by atoms with Crippen molar-refractivity contribution in [1.29, 1.82) is 0 Å². The molecule has 1 rings (SSSR count). The quantitative estimate of drug-likeness (QED) is 0.750. The summed E-state index contributed by atoms with van der Waals surface area (Å²) in [6.45, 7) is 4.07. The van der Waals surface area contributed by atoms with E-state index in [4.69, 9.17) is 5.73 Å². The number of aromatic nitrogens is 1. The van der Waals surface area contributed by atoms with E-state index in [1.165, 1.54) is 0 Å². The number of carbonyl (C=O) groups is 2. The normalized spacial score (nSPS) is 13.3. The van der Waals surface area contributed by atoms with Gasteiger partial charge in [0.2, 0.25) is 11.8 Å². The van der Waals surface area contributed by atoms with Crippen LogP contribution < -0.4 is 11.1 Å². The number of nitrogens with one attached hydrogen (secondary N) is 1. The van der Waals surface area contributed by atoms with Gasteiger partial charge in [0.25, 0.3) is 0 Å². The second kappa shape index (κ2) is 8.36. The first-order chi connectivity index (χ1) is 9.91. The molecule has 0 aromatic carbocycles. The molecule has 2 unspecified atom stereocenters. The molecule has 1 aromatic rings. The molecule has 0 spiro atoms. The Labute approximate surface area is 125 Å². The lowest BCUT2D eigenvalue weighted by Gasteiger charge is -2.19. The third kappa shape index (κ3) is 5.91. The Balaban J connectivity index is 2.33. The van der Waals surface area contributed by atoms with E-state index in [9.17, 15) is 9.59 Å². The second-order valence-corrected chi connectivity index (χ2v) is 5.25. The van der Waals surface area contributed by atoms with Gasteiger partial charge in [0, 0.05) is 43.9 Å². The standard InChI is InChI=1S/C15H24N4O2/c1-11(12(2)16)15(21)18-10-14(20)19(3)9-7-13-6-4-5-8-17-13/h4-6,8,11-12H,7,9-10,16H2,1-3H3,(H,18,21). The van der Waals surface area contributed by atoms with E-state index in [1.807, 2.05) is 18.2 Å². The van der Waals surface area contributed by atoms with Crippen LogP contribution in [0.25, 0.3) is 0 Å². The number of likely N-dealkylation sites (N-methyl/N-ethyl adjacent to an activating group) is 1. The molecule has 21 heavy (non-hydrogen) atoms. The highest BCUT2D eigenvalue weighted by Gasteiger charge is 2.18. The van der Waals surface area contributed by atoms with Gasteiger partial charge >= 0.3 is 0 Å². The maximum absolute atomic E-state index is 11.9. The van der Waals surface area contributed by atoms with Crippen LogP contribution in [0.2, 0.25) is 0 Å². The summed E-state index contributed by atoms with van der Waals surface area (Å²) < 4.78 is 0. The lowest BCUT2D eigenvalue weighted by Crippen LogP contribution is -2.43. The summed E-state index contributed by atoms with van der Waals surface area (Å²) in [6, 6.07) is 5.46. The molecule has 6 heteroatoms. The molecule has 6 nitrogen and oxygen atoms in total. The third-order valence-corrected chi connectivity index (χ3v) is 3.47. The zero-order valence-corrected chi connectivity index (χ0v) is 12.9. The molecule has 1 heterocycles. The van der Waals surface area contributed by atoms with E-state index < -0.39 is 0 Å². The number of hydrogen-bond donors (Lipinski definition) is 2. The van der Waals surface area contributed by atoms with Gasteiger partial charge in [-0.25, -0.2) is 0 Å². The first kappa shape index (κ1) is 17.1. The zero-order chi connectivity index (χ0) is 15.8. The number of hydrogen-bond acceptors (Lipinski definition) is 4. The van der Waals surface area contributed by atoms with Crippen LogP contribution in [0.4, 0.5) is 0 Å². The van der Waals surface area contributed by atoms with Crippen molar-refractivity contribution in [2.45, 2.75) is 26.3 Å². The maximum Gasteiger partial charge on any atom is 0.241 e. The van der Waals surface area contributed by atoms with Crippen molar-refractivity contribution in [3.05, 3.63) is 30.1 Å². The molecule has 0 aliphatic rings. The van der Waals surface area contributed by atoms with Crippen molar-refractivity contribution in [2.24, 2.45) is 11.7 Å². The SMILES string of the molecule is CC(N)C(C)C(=O)NCC(=O)N(C)CCc1ccccn1. The molecule has 0 aliphatic carbocycles. The molecule has 116 valence electrons. The molecule has 0 bridgehead atoms. The minimum absolute atomic E-state index is 0.00535. The van der Waals surface area contributed by atoms with Crippen LogP contribution in [0.5, 0.6) is 0 Å². The van der Waals surface area contributed by atoms with Gasteiger partial charge in [0.05, 0.1) is 6.54 Å². The van der Waals surface area contributed by atoms with E-state index in [-0.39, 0.29) is 30.3 Å². The number of nitrogens with zero attached hydrogens (tertiary/aromatic N) is 2. The van der Waals surface area contributed by atoms with Gasteiger partial charge in [0.15, 0.2) is 0 Å². The van der Waals surface area contributed by atoms with Crippen LogP contribution in [-0.4, -0.2) is 47.9 Å². The summed E-state index contributed by atoms with van der Waals surface area (Å²) in [5.74, 6) is -0.635. The van der Waals surface area contributed by atoms with Crippen LogP contribution in [0.15, 0.2) is 24.4 Å². The summed E-state index contributed by atoms with van der Waals surface area (Å²) >= 11 is 0. The zero-order valence-electron chi connectivity index (χ0n) is 12.9. The predicted octanol–water partition coefficient (Wildman–Crippen LogP) is 0.182. The van der Waals surface area contributed by atoms with Gasteiger partial charge in [-0.2, -0.15) is 0 Å². The first-order valence-electron chi connectivity index (χ1n) is 7.09. The van der Waals surface area contributed by atoms with Crippen LogP contribution in [0.3, 0.4) is 0 Å². The molecule has 0 radical (unpaired) electrons. The summed E-state index contributed by atoms with van der Waals surface area (Å²) in [4.78, 5) is 29.4. The summed E-state index contributed by atoms with van der Waals surface area (Å²) in [6.07, 6.45) is 2.42. The van der Waals surface area contributed by atoms with E-state index >= 15 is 0 Å². The smallest absolute Gasteiger partial charge is 0.241 e. The second-order valence-electron chi connectivity index (χ2n) is 5.25. The van der Waals surface area contributed by atoms with E-state index in [0.717, 1.165) is 5.69 Å². The maximum atomic E-state index is 11.9. The number of pyridine rings is 1. The highest BCUT2D eigenvalue weighted by Crippen LogP contribution is 2.00. The number of carbonyl (C=O) groups excluding carboxylic acids is 2. The number of amides is 2. The van der Waals surface area contributed by atoms with Crippen molar-refractivity contribution >= 4 is 11.8 Å². The molecule has 0 saturated heterocycles. The molecular formula is C15H24N4O2. The summed E-state index contributed by atoms with van der Waals surface area (Å²) in [7, 11) is 1.71.